The summed E-state index contributed by atoms with van der Waals surface area (Å²) in [5.74, 6) is 0.165. The number of benzene rings is 2. The highest BCUT2D eigenvalue weighted by Gasteiger charge is 2.29. The van der Waals surface area contributed by atoms with E-state index in [9.17, 15) is 13.2 Å². The minimum Gasteiger partial charge on any atom is -0.490 e. The van der Waals surface area contributed by atoms with Gasteiger partial charge in [0, 0.05) is 10.7 Å². The molecule has 0 aromatic heterocycles. The van der Waals surface area contributed by atoms with Gasteiger partial charge in [0.1, 0.15) is 18.4 Å². The van der Waals surface area contributed by atoms with E-state index in [1.54, 1.807) is 48.5 Å². The lowest BCUT2D eigenvalue weighted by Gasteiger charge is -2.28. The van der Waals surface area contributed by atoms with Crippen LogP contribution in [0.2, 0.25) is 5.02 Å². The maximum Gasteiger partial charge on any atom is 0.247 e. The van der Waals surface area contributed by atoms with Crippen molar-refractivity contribution in [3.8, 4) is 5.75 Å². The monoisotopic (exact) mass is 408 g/mol. The Labute approximate surface area is 164 Å². The number of hydrogen-bond donors (Lipinski definition) is 1. The first kappa shape index (κ1) is 20.8. The smallest absolute Gasteiger partial charge is 0.247 e. The third-order valence-corrected chi connectivity index (χ3v) is 5.12. The van der Waals surface area contributed by atoms with Gasteiger partial charge in [0.05, 0.1) is 11.9 Å². The molecule has 1 N–H and O–H groups in total. The highest BCUT2D eigenvalue weighted by molar-refractivity contribution is 7.92. The van der Waals surface area contributed by atoms with Gasteiger partial charge in [0.2, 0.25) is 15.9 Å². The normalized spacial score (nSPS) is 12.1. The first-order chi connectivity index (χ1) is 12.7. The number of carbonyl (C=O) groups excluding carboxylic acids is 1. The Balaban J connectivity index is 2.19. The van der Waals surface area contributed by atoms with Crippen molar-refractivity contribution in [2.24, 2.45) is 0 Å². The van der Waals surface area contributed by atoms with Crippen LogP contribution in [0.5, 0.6) is 5.75 Å². The Morgan fingerprint density at radius 2 is 1.96 bits per heavy atom. The fourth-order valence-electron chi connectivity index (χ4n) is 2.46. The van der Waals surface area contributed by atoms with Crippen LogP contribution in [0, 0.1) is 0 Å². The van der Waals surface area contributed by atoms with E-state index in [4.69, 9.17) is 16.3 Å². The van der Waals surface area contributed by atoms with Crippen molar-refractivity contribution in [1.82, 2.24) is 0 Å². The summed E-state index contributed by atoms with van der Waals surface area (Å²) in [5.41, 5.74) is 0.846. The second-order valence-corrected chi connectivity index (χ2v) is 8.12. The lowest BCUT2D eigenvalue weighted by Crippen LogP contribution is -2.45. The van der Waals surface area contributed by atoms with Crippen LogP contribution in [0.15, 0.2) is 61.2 Å². The van der Waals surface area contributed by atoms with Gasteiger partial charge in [-0.2, -0.15) is 0 Å². The fourth-order valence-corrected chi connectivity index (χ4v) is 3.81. The summed E-state index contributed by atoms with van der Waals surface area (Å²) < 4.78 is 31.0. The van der Waals surface area contributed by atoms with Gasteiger partial charge >= 0.3 is 0 Å². The van der Waals surface area contributed by atoms with Gasteiger partial charge in [-0.1, -0.05) is 30.3 Å². The number of hydrogen-bond acceptors (Lipinski definition) is 4. The predicted molar refractivity (Wildman–Crippen MR) is 109 cm³/mol. The molecule has 2 aromatic rings. The predicted octanol–water partition coefficient (Wildman–Crippen LogP) is 3.70. The van der Waals surface area contributed by atoms with Crippen molar-refractivity contribution in [3.63, 3.8) is 0 Å². The second-order valence-electron chi connectivity index (χ2n) is 5.83. The molecule has 0 radical (unpaired) electrons. The van der Waals surface area contributed by atoms with Gasteiger partial charge < -0.3 is 10.1 Å². The minimum atomic E-state index is -3.70. The first-order valence-corrected chi connectivity index (χ1v) is 10.3. The molecular weight excluding hydrogens is 388 g/mol. The fraction of sp³-hybridized carbons (Fsp3) is 0.211. The molecule has 6 nitrogen and oxygen atoms in total. The Morgan fingerprint density at radius 3 is 2.52 bits per heavy atom. The van der Waals surface area contributed by atoms with Crippen molar-refractivity contribution in [2.45, 2.75) is 13.0 Å². The van der Waals surface area contributed by atoms with Gasteiger partial charge in [-0.25, -0.2) is 8.42 Å². The molecule has 27 heavy (non-hydrogen) atoms. The molecule has 0 saturated heterocycles. The molecule has 0 saturated carbocycles. The number of ether oxygens (including phenoxy) is 1. The third kappa shape index (κ3) is 5.74. The van der Waals surface area contributed by atoms with E-state index in [1.807, 2.05) is 0 Å². The number of halogens is 1. The standard InChI is InChI=1S/C19H21ClN2O4S/c1-4-12-26-18-10-8-16(9-11-18)21-19(23)14(2)22(27(3,24)25)17-7-5-6-15(20)13-17/h4-11,13-14H,1,12H2,2-3H3,(H,21,23)/t14-/m0/s1. The summed E-state index contributed by atoms with van der Waals surface area (Å²) in [7, 11) is -3.70. The molecule has 0 fully saturated rings. The maximum absolute atomic E-state index is 12.6. The van der Waals surface area contributed by atoms with Crippen LogP contribution in [0.3, 0.4) is 0 Å². The van der Waals surface area contributed by atoms with E-state index in [0.29, 0.717) is 28.8 Å². The van der Waals surface area contributed by atoms with E-state index in [2.05, 4.69) is 11.9 Å². The lowest BCUT2D eigenvalue weighted by atomic mass is 10.2. The maximum atomic E-state index is 12.6. The summed E-state index contributed by atoms with van der Waals surface area (Å²) in [6.07, 6.45) is 2.68. The van der Waals surface area contributed by atoms with Gasteiger partial charge in [0.25, 0.3) is 0 Å². The largest absolute Gasteiger partial charge is 0.490 e. The number of sulfonamides is 1. The van der Waals surface area contributed by atoms with Crippen LogP contribution < -0.4 is 14.4 Å². The average molecular weight is 409 g/mol. The van der Waals surface area contributed by atoms with Crippen LogP contribution in [0.4, 0.5) is 11.4 Å². The number of anilines is 2. The molecule has 0 bridgehead atoms. The van der Waals surface area contributed by atoms with E-state index < -0.39 is 22.0 Å². The SMILES string of the molecule is C=CCOc1ccc(NC(=O)[C@H](C)N(c2cccc(Cl)c2)S(C)(=O)=O)cc1. The van der Waals surface area contributed by atoms with Gasteiger partial charge in [-0.15, -0.1) is 0 Å². The molecule has 2 rings (SSSR count). The van der Waals surface area contributed by atoms with Crippen molar-refractivity contribution in [3.05, 3.63) is 66.2 Å². The zero-order valence-corrected chi connectivity index (χ0v) is 16.6. The molecule has 0 heterocycles. The van der Waals surface area contributed by atoms with Crippen molar-refractivity contribution in [2.75, 3.05) is 22.5 Å². The van der Waals surface area contributed by atoms with Gasteiger partial charge in [-0.3, -0.25) is 9.10 Å². The molecule has 0 aliphatic rings. The number of rotatable bonds is 8. The summed E-state index contributed by atoms with van der Waals surface area (Å²) in [6, 6.07) is 12.1. The number of carbonyl (C=O) groups is 1. The van der Waals surface area contributed by atoms with Crippen molar-refractivity contribution >= 4 is 38.9 Å². The zero-order chi connectivity index (χ0) is 20.0. The van der Waals surface area contributed by atoms with E-state index in [0.717, 1.165) is 10.6 Å². The van der Waals surface area contributed by atoms with Crippen LogP contribution in [0.25, 0.3) is 0 Å². The molecule has 0 spiro atoms. The van der Waals surface area contributed by atoms with Gasteiger partial charge in [-0.05, 0) is 49.4 Å². The van der Waals surface area contributed by atoms with Crippen LogP contribution in [0.1, 0.15) is 6.92 Å². The second kappa shape index (κ2) is 8.92. The zero-order valence-electron chi connectivity index (χ0n) is 15.1. The van der Waals surface area contributed by atoms with E-state index in [1.165, 1.54) is 13.0 Å². The van der Waals surface area contributed by atoms with Crippen LogP contribution >= 0.6 is 11.6 Å². The lowest BCUT2D eigenvalue weighted by molar-refractivity contribution is -0.116. The van der Waals surface area contributed by atoms with Crippen molar-refractivity contribution in [1.29, 1.82) is 0 Å². The van der Waals surface area contributed by atoms with Crippen LogP contribution in [-0.4, -0.2) is 33.2 Å². The molecule has 0 aliphatic carbocycles. The molecule has 1 atom stereocenters. The molecule has 1 amide bonds. The number of nitrogens with zero attached hydrogens (tertiary/aromatic N) is 1. The summed E-state index contributed by atoms with van der Waals surface area (Å²) in [6.45, 7) is 5.47. The third-order valence-electron chi connectivity index (χ3n) is 3.64. The molecular formula is C19H21ClN2O4S. The average Bonchev–Trinajstić information content (AvgIpc) is 2.60. The Hall–Kier alpha value is -2.51. The highest BCUT2D eigenvalue weighted by atomic mass is 35.5. The van der Waals surface area contributed by atoms with E-state index in [-0.39, 0.29) is 0 Å². The minimum absolute atomic E-state index is 0.320. The molecule has 8 heteroatoms. The van der Waals surface area contributed by atoms with Gasteiger partial charge in [0.15, 0.2) is 0 Å². The summed E-state index contributed by atoms with van der Waals surface area (Å²) >= 11 is 5.96. The number of amides is 1. The Kier molecular flexibility index (Phi) is 6.87. The molecule has 0 aliphatic heterocycles. The number of nitrogens with one attached hydrogen (secondary N) is 1. The molecule has 0 unspecified atom stereocenters. The topological polar surface area (TPSA) is 75.7 Å². The first-order valence-electron chi connectivity index (χ1n) is 8.12. The highest BCUT2D eigenvalue weighted by Crippen LogP contribution is 2.25. The Morgan fingerprint density at radius 1 is 1.30 bits per heavy atom. The van der Waals surface area contributed by atoms with Crippen molar-refractivity contribution < 1.29 is 17.9 Å². The quantitative estimate of drug-likeness (QED) is 0.676. The summed E-state index contributed by atoms with van der Waals surface area (Å²) in [5, 5.41) is 3.09. The summed E-state index contributed by atoms with van der Waals surface area (Å²) in [4.78, 5) is 12.6. The van der Waals surface area contributed by atoms with Crippen LogP contribution in [-0.2, 0) is 14.8 Å². The Bertz CT molecular complexity index is 914. The van der Waals surface area contributed by atoms with E-state index >= 15 is 0 Å². The molecule has 2 aromatic carbocycles. The molecule has 144 valence electrons.